The van der Waals surface area contributed by atoms with E-state index in [1.807, 2.05) is 6.92 Å². The van der Waals surface area contributed by atoms with Crippen LogP contribution >= 0.6 is 11.6 Å². The maximum atomic E-state index is 12.5. The molecule has 0 bridgehead atoms. The second-order valence-corrected chi connectivity index (χ2v) is 8.02. The van der Waals surface area contributed by atoms with Gasteiger partial charge in [0.1, 0.15) is 5.75 Å². The van der Waals surface area contributed by atoms with Crippen molar-refractivity contribution in [2.24, 2.45) is 0 Å². The first-order valence-corrected chi connectivity index (χ1v) is 9.38. The fourth-order valence-electron chi connectivity index (χ4n) is 2.76. The number of rotatable bonds is 5. The van der Waals surface area contributed by atoms with Gasteiger partial charge in [-0.25, -0.2) is 8.42 Å². The molecule has 0 saturated carbocycles. The Kier molecular flexibility index (Phi) is 5.34. The van der Waals surface area contributed by atoms with Gasteiger partial charge in [-0.3, -0.25) is 4.79 Å². The maximum absolute atomic E-state index is 12.5. The first kappa shape index (κ1) is 17.1. The molecule has 0 N–H and O–H groups in total. The summed E-state index contributed by atoms with van der Waals surface area (Å²) < 4.78 is 28.3. The Bertz CT molecular complexity index is 660. The third kappa shape index (κ3) is 3.93. The lowest BCUT2D eigenvalue weighted by Crippen LogP contribution is -2.41. The molecule has 0 radical (unpaired) electrons. The van der Waals surface area contributed by atoms with Gasteiger partial charge in [-0.1, -0.05) is 17.7 Å². The second kappa shape index (κ2) is 6.87. The van der Waals surface area contributed by atoms with Gasteiger partial charge in [0, 0.05) is 12.6 Å². The van der Waals surface area contributed by atoms with Crippen LogP contribution in [0, 0.1) is 0 Å². The monoisotopic (exact) mass is 345 g/mol. The van der Waals surface area contributed by atoms with Gasteiger partial charge in [0.05, 0.1) is 30.1 Å². The van der Waals surface area contributed by atoms with E-state index in [0.29, 0.717) is 23.7 Å². The molecule has 1 aromatic carbocycles. The summed E-state index contributed by atoms with van der Waals surface area (Å²) in [5.41, 5.74) is 0.787. The molecule has 2 rings (SSSR count). The summed E-state index contributed by atoms with van der Waals surface area (Å²) >= 11 is 6.06. The van der Waals surface area contributed by atoms with Crippen LogP contribution in [-0.4, -0.2) is 50.4 Å². The SMILES string of the molecule is CCN(C(=O)Cc1ccc(OC)c(Cl)c1)C1CCS(=O)(=O)C1. The minimum absolute atomic E-state index is 0.0654. The van der Waals surface area contributed by atoms with Crippen molar-refractivity contribution in [3.05, 3.63) is 28.8 Å². The molecule has 1 saturated heterocycles. The number of carbonyl (C=O) groups is 1. The quantitative estimate of drug-likeness (QED) is 0.818. The van der Waals surface area contributed by atoms with Gasteiger partial charge in [-0.2, -0.15) is 0 Å². The van der Waals surface area contributed by atoms with Crippen molar-refractivity contribution < 1.29 is 17.9 Å². The topological polar surface area (TPSA) is 63.7 Å². The molecule has 5 nitrogen and oxygen atoms in total. The highest BCUT2D eigenvalue weighted by molar-refractivity contribution is 7.91. The van der Waals surface area contributed by atoms with Gasteiger partial charge in [0.15, 0.2) is 9.84 Å². The number of nitrogens with zero attached hydrogens (tertiary/aromatic N) is 1. The van der Waals surface area contributed by atoms with Crippen LogP contribution in [0.5, 0.6) is 5.75 Å². The summed E-state index contributed by atoms with van der Waals surface area (Å²) in [6.45, 7) is 2.37. The zero-order valence-corrected chi connectivity index (χ0v) is 14.3. The average Bonchev–Trinajstić information content (AvgIpc) is 2.80. The maximum Gasteiger partial charge on any atom is 0.227 e. The van der Waals surface area contributed by atoms with E-state index in [4.69, 9.17) is 16.3 Å². The largest absolute Gasteiger partial charge is 0.495 e. The van der Waals surface area contributed by atoms with Crippen molar-refractivity contribution in [3.63, 3.8) is 0 Å². The zero-order valence-electron chi connectivity index (χ0n) is 12.7. The molecule has 7 heteroatoms. The van der Waals surface area contributed by atoms with Crippen LogP contribution in [0.4, 0.5) is 0 Å². The van der Waals surface area contributed by atoms with Crippen LogP contribution in [0.1, 0.15) is 18.9 Å². The van der Waals surface area contributed by atoms with Gasteiger partial charge in [-0.05, 0) is 31.0 Å². The minimum Gasteiger partial charge on any atom is -0.495 e. The number of benzene rings is 1. The lowest BCUT2D eigenvalue weighted by atomic mass is 10.1. The molecule has 122 valence electrons. The summed E-state index contributed by atoms with van der Waals surface area (Å²) in [6, 6.07) is 5.01. The molecule has 0 aliphatic carbocycles. The van der Waals surface area contributed by atoms with E-state index < -0.39 is 9.84 Å². The zero-order chi connectivity index (χ0) is 16.3. The molecule has 1 heterocycles. The third-order valence-corrected chi connectivity index (χ3v) is 5.93. The molecule has 1 unspecified atom stereocenters. The smallest absolute Gasteiger partial charge is 0.227 e. The Morgan fingerprint density at radius 2 is 2.18 bits per heavy atom. The van der Waals surface area contributed by atoms with Crippen molar-refractivity contribution >= 4 is 27.3 Å². The number of methoxy groups -OCH3 is 1. The predicted octanol–water partition coefficient (Wildman–Crippen LogP) is 1.93. The van der Waals surface area contributed by atoms with E-state index in [1.54, 1.807) is 23.1 Å². The van der Waals surface area contributed by atoms with Crippen LogP contribution in [-0.2, 0) is 21.1 Å². The van der Waals surface area contributed by atoms with E-state index in [1.165, 1.54) is 7.11 Å². The van der Waals surface area contributed by atoms with Gasteiger partial charge in [0.25, 0.3) is 0 Å². The first-order valence-electron chi connectivity index (χ1n) is 7.18. The lowest BCUT2D eigenvalue weighted by Gasteiger charge is -2.27. The fraction of sp³-hybridized carbons (Fsp3) is 0.533. The van der Waals surface area contributed by atoms with Gasteiger partial charge < -0.3 is 9.64 Å². The molecule has 1 aliphatic heterocycles. The lowest BCUT2D eigenvalue weighted by molar-refractivity contribution is -0.132. The molecular formula is C15H20ClNO4S. The molecule has 1 fully saturated rings. The van der Waals surface area contributed by atoms with Gasteiger partial charge in [-0.15, -0.1) is 0 Å². The highest BCUT2D eigenvalue weighted by Crippen LogP contribution is 2.26. The predicted molar refractivity (Wildman–Crippen MR) is 86.2 cm³/mol. The van der Waals surface area contributed by atoms with Crippen LogP contribution in [0.25, 0.3) is 0 Å². The van der Waals surface area contributed by atoms with E-state index in [2.05, 4.69) is 0 Å². The summed E-state index contributed by atoms with van der Waals surface area (Å²) in [7, 11) is -1.47. The number of halogens is 1. The standard InChI is InChI=1S/C15H20ClNO4S/c1-3-17(12-6-7-22(19,20)10-12)15(18)9-11-4-5-14(21-2)13(16)8-11/h4-5,8,12H,3,6-7,9-10H2,1-2H3. The van der Waals surface area contributed by atoms with Gasteiger partial charge >= 0.3 is 0 Å². The normalized spacial score (nSPS) is 19.9. The molecule has 1 amide bonds. The van der Waals surface area contributed by atoms with Crippen LogP contribution < -0.4 is 4.74 Å². The molecular weight excluding hydrogens is 326 g/mol. The average molecular weight is 346 g/mol. The Morgan fingerprint density at radius 1 is 1.45 bits per heavy atom. The number of amides is 1. The Labute approximate surface area is 136 Å². The van der Waals surface area contributed by atoms with Crippen LogP contribution in [0.3, 0.4) is 0 Å². The second-order valence-electron chi connectivity index (χ2n) is 5.38. The Balaban J connectivity index is 2.08. The number of sulfone groups is 1. The number of ether oxygens (including phenoxy) is 1. The van der Waals surface area contributed by atoms with Crippen LogP contribution in [0.2, 0.25) is 5.02 Å². The van der Waals surface area contributed by atoms with E-state index in [9.17, 15) is 13.2 Å². The summed E-state index contributed by atoms with van der Waals surface area (Å²) in [4.78, 5) is 14.1. The highest BCUT2D eigenvalue weighted by Gasteiger charge is 2.33. The Hall–Kier alpha value is -1.27. The van der Waals surface area contributed by atoms with E-state index in [-0.39, 0.29) is 29.9 Å². The van der Waals surface area contributed by atoms with Crippen molar-refractivity contribution in [2.45, 2.75) is 25.8 Å². The van der Waals surface area contributed by atoms with Crippen molar-refractivity contribution in [3.8, 4) is 5.75 Å². The number of carbonyl (C=O) groups excluding carboxylic acids is 1. The van der Waals surface area contributed by atoms with E-state index in [0.717, 1.165) is 5.56 Å². The summed E-state index contributed by atoms with van der Waals surface area (Å²) in [5, 5.41) is 0.458. The summed E-state index contributed by atoms with van der Waals surface area (Å²) in [5.74, 6) is 0.712. The van der Waals surface area contributed by atoms with Crippen LogP contribution in [0.15, 0.2) is 18.2 Å². The Morgan fingerprint density at radius 3 is 2.68 bits per heavy atom. The van der Waals surface area contributed by atoms with E-state index >= 15 is 0 Å². The van der Waals surface area contributed by atoms with Crippen molar-refractivity contribution in [1.29, 1.82) is 0 Å². The van der Waals surface area contributed by atoms with Crippen molar-refractivity contribution in [2.75, 3.05) is 25.2 Å². The van der Waals surface area contributed by atoms with Crippen molar-refractivity contribution in [1.82, 2.24) is 4.90 Å². The molecule has 1 atom stereocenters. The molecule has 1 aromatic rings. The minimum atomic E-state index is -3.00. The molecule has 0 spiro atoms. The highest BCUT2D eigenvalue weighted by atomic mass is 35.5. The molecule has 0 aromatic heterocycles. The molecule has 1 aliphatic rings. The third-order valence-electron chi connectivity index (χ3n) is 3.88. The number of likely N-dealkylation sites (N-methyl/N-ethyl adjacent to an activating group) is 1. The summed E-state index contributed by atoms with van der Waals surface area (Å²) in [6.07, 6.45) is 0.722. The molecule has 22 heavy (non-hydrogen) atoms. The fourth-order valence-corrected chi connectivity index (χ4v) is 4.77. The first-order chi connectivity index (χ1) is 10.4. The number of hydrogen-bond acceptors (Lipinski definition) is 4. The van der Waals surface area contributed by atoms with Gasteiger partial charge in [0.2, 0.25) is 5.91 Å². The number of hydrogen-bond donors (Lipinski definition) is 0.